The number of ether oxygens (including phenoxy) is 1. The Morgan fingerprint density at radius 2 is 1.56 bits per heavy atom. The van der Waals surface area contributed by atoms with Gasteiger partial charge in [-0.05, 0) is 74.7 Å². The molecule has 2 fully saturated rings. The molecule has 212 valence electrons. The van der Waals surface area contributed by atoms with Gasteiger partial charge in [0.2, 0.25) is 0 Å². The molecule has 6 rings (SSSR count). The molecule has 0 spiro atoms. The van der Waals surface area contributed by atoms with Crippen molar-refractivity contribution in [1.29, 1.82) is 0 Å². The van der Waals surface area contributed by atoms with Gasteiger partial charge in [0.05, 0.1) is 22.8 Å². The van der Waals surface area contributed by atoms with E-state index in [9.17, 15) is 4.79 Å². The number of carbonyl (C=O) groups is 1. The average molecular weight is 548 g/mol. The molecule has 1 atom stereocenters. The zero-order valence-corrected chi connectivity index (χ0v) is 24.1. The van der Waals surface area contributed by atoms with Crippen molar-refractivity contribution in [2.24, 2.45) is 5.92 Å². The molecule has 3 heterocycles. The zero-order valence-electron chi connectivity index (χ0n) is 24.1. The standard InChI is InChI=1S/C36H41N3O2/c1-2-32(27-11-5-3-6-12-27)38-36(40)34-30-15-9-10-16-33(30)37-35(28-13-7-4-8-14-28)31(34)25-26-17-21-39(22-18-26)29-19-23-41-24-20-29/h3-16,26,29,32H,2,17-25H2,1H3,(H,38,40)/t32-/m1/s1. The fraction of sp³-hybridized carbons (Fsp3) is 0.389. The van der Waals surface area contributed by atoms with Crippen LogP contribution in [-0.4, -0.2) is 48.1 Å². The van der Waals surface area contributed by atoms with E-state index in [2.05, 4.69) is 59.6 Å². The minimum Gasteiger partial charge on any atom is -0.381 e. The van der Waals surface area contributed by atoms with Gasteiger partial charge in [-0.3, -0.25) is 4.79 Å². The molecule has 0 saturated carbocycles. The Morgan fingerprint density at radius 1 is 0.902 bits per heavy atom. The van der Waals surface area contributed by atoms with Gasteiger partial charge in [0.25, 0.3) is 5.91 Å². The van der Waals surface area contributed by atoms with Crippen LogP contribution in [0, 0.1) is 5.92 Å². The largest absolute Gasteiger partial charge is 0.381 e. The van der Waals surface area contributed by atoms with Crippen LogP contribution in [-0.2, 0) is 11.2 Å². The highest BCUT2D eigenvalue weighted by Crippen LogP contribution is 2.35. The monoisotopic (exact) mass is 547 g/mol. The van der Waals surface area contributed by atoms with Gasteiger partial charge in [-0.1, -0.05) is 85.8 Å². The Morgan fingerprint density at radius 3 is 2.27 bits per heavy atom. The fourth-order valence-corrected chi connectivity index (χ4v) is 6.74. The zero-order chi connectivity index (χ0) is 28.0. The summed E-state index contributed by atoms with van der Waals surface area (Å²) in [5.41, 5.74) is 5.87. The molecular weight excluding hydrogens is 506 g/mol. The first kappa shape index (κ1) is 27.6. The predicted molar refractivity (Wildman–Crippen MR) is 166 cm³/mol. The number of hydrogen-bond acceptors (Lipinski definition) is 4. The van der Waals surface area contributed by atoms with Crippen LogP contribution in [0.5, 0.6) is 0 Å². The topological polar surface area (TPSA) is 54.5 Å². The van der Waals surface area contributed by atoms with Crippen molar-refractivity contribution in [2.45, 2.75) is 57.5 Å². The molecule has 1 aromatic heterocycles. The van der Waals surface area contributed by atoms with Crippen LogP contribution in [0.2, 0.25) is 0 Å². The molecule has 41 heavy (non-hydrogen) atoms. The molecule has 0 unspecified atom stereocenters. The number of pyridine rings is 1. The van der Waals surface area contributed by atoms with E-state index in [1.54, 1.807) is 0 Å². The minimum atomic E-state index is -0.0497. The van der Waals surface area contributed by atoms with Crippen molar-refractivity contribution in [2.75, 3.05) is 26.3 Å². The van der Waals surface area contributed by atoms with E-state index in [0.29, 0.717) is 12.0 Å². The first-order valence-electron chi connectivity index (χ1n) is 15.4. The van der Waals surface area contributed by atoms with Crippen molar-refractivity contribution < 1.29 is 9.53 Å². The number of nitrogens with zero attached hydrogens (tertiary/aromatic N) is 2. The molecular formula is C36H41N3O2. The lowest BCUT2D eigenvalue weighted by Gasteiger charge is -2.39. The number of benzene rings is 3. The van der Waals surface area contributed by atoms with E-state index < -0.39 is 0 Å². The summed E-state index contributed by atoms with van der Waals surface area (Å²) in [6.07, 6.45) is 6.24. The van der Waals surface area contributed by atoms with Gasteiger partial charge in [-0.25, -0.2) is 4.98 Å². The molecule has 1 amide bonds. The van der Waals surface area contributed by atoms with Gasteiger partial charge in [0.15, 0.2) is 0 Å². The van der Waals surface area contributed by atoms with Crippen LogP contribution in [0.4, 0.5) is 0 Å². The summed E-state index contributed by atoms with van der Waals surface area (Å²) in [4.78, 5) is 22.2. The van der Waals surface area contributed by atoms with Crippen molar-refractivity contribution in [1.82, 2.24) is 15.2 Å². The van der Waals surface area contributed by atoms with E-state index in [-0.39, 0.29) is 11.9 Å². The molecule has 0 bridgehead atoms. The van der Waals surface area contributed by atoms with Crippen LogP contribution in [0.15, 0.2) is 84.9 Å². The lowest BCUT2D eigenvalue weighted by Crippen LogP contribution is -2.44. The highest BCUT2D eigenvalue weighted by Gasteiger charge is 2.30. The number of rotatable bonds is 8. The Bertz CT molecular complexity index is 1440. The number of carbonyl (C=O) groups excluding carboxylic acids is 1. The number of aromatic nitrogens is 1. The lowest BCUT2D eigenvalue weighted by atomic mass is 9.84. The Balaban J connectivity index is 1.37. The van der Waals surface area contributed by atoms with Crippen LogP contribution < -0.4 is 5.32 Å². The second-order valence-corrected chi connectivity index (χ2v) is 11.6. The summed E-state index contributed by atoms with van der Waals surface area (Å²) >= 11 is 0. The van der Waals surface area contributed by atoms with Crippen LogP contribution in [0.1, 0.15) is 66.6 Å². The number of likely N-dealkylation sites (tertiary alicyclic amines) is 1. The van der Waals surface area contributed by atoms with Crippen LogP contribution in [0.3, 0.4) is 0 Å². The summed E-state index contributed by atoms with van der Waals surface area (Å²) in [5.74, 6) is 0.505. The van der Waals surface area contributed by atoms with Crippen molar-refractivity contribution in [3.63, 3.8) is 0 Å². The van der Waals surface area contributed by atoms with Crippen LogP contribution in [0.25, 0.3) is 22.2 Å². The summed E-state index contributed by atoms with van der Waals surface area (Å²) in [6.45, 7) is 6.13. The Labute approximate surface area is 243 Å². The summed E-state index contributed by atoms with van der Waals surface area (Å²) in [6, 6.07) is 29.4. The van der Waals surface area contributed by atoms with Crippen molar-refractivity contribution in [3.8, 4) is 11.3 Å². The van der Waals surface area contributed by atoms with Gasteiger partial charge >= 0.3 is 0 Å². The van der Waals surface area contributed by atoms with Gasteiger partial charge in [-0.15, -0.1) is 0 Å². The average Bonchev–Trinajstić information content (AvgIpc) is 3.04. The second-order valence-electron chi connectivity index (χ2n) is 11.6. The molecule has 4 aromatic rings. The molecule has 2 aliphatic heterocycles. The Kier molecular flexibility index (Phi) is 8.74. The first-order valence-corrected chi connectivity index (χ1v) is 15.4. The van der Waals surface area contributed by atoms with Gasteiger partial charge in [-0.2, -0.15) is 0 Å². The highest BCUT2D eigenvalue weighted by molar-refractivity contribution is 6.09. The lowest BCUT2D eigenvalue weighted by molar-refractivity contribution is 0.0211. The number of piperidine rings is 1. The molecule has 2 saturated heterocycles. The molecule has 0 aliphatic carbocycles. The highest BCUT2D eigenvalue weighted by atomic mass is 16.5. The molecule has 1 N–H and O–H groups in total. The number of para-hydroxylation sites is 1. The van der Waals surface area contributed by atoms with Gasteiger partial charge in [0.1, 0.15) is 0 Å². The van der Waals surface area contributed by atoms with Crippen LogP contribution >= 0.6 is 0 Å². The smallest absolute Gasteiger partial charge is 0.252 e. The maximum atomic E-state index is 14.3. The van der Waals surface area contributed by atoms with E-state index in [4.69, 9.17) is 9.72 Å². The minimum absolute atomic E-state index is 0.00822. The maximum Gasteiger partial charge on any atom is 0.252 e. The second kappa shape index (κ2) is 13.0. The number of hydrogen-bond donors (Lipinski definition) is 1. The summed E-state index contributed by atoms with van der Waals surface area (Å²) < 4.78 is 5.61. The van der Waals surface area contributed by atoms with E-state index >= 15 is 0 Å². The number of fused-ring (bicyclic) bond motifs is 1. The molecule has 3 aromatic carbocycles. The number of amides is 1. The molecule has 5 nitrogen and oxygen atoms in total. The molecule has 0 radical (unpaired) electrons. The van der Waals surface area contributed by atoms with Gasteiger partial charge in [0, 0.05) is 30.2 Å². The predicted octanol–water partition coefficient (Wildman–Crippen LogP) is 7.22. The summed E-state index contributed by atoms with van der Waals surface area (Å²) in [7, 11) is 0. The third-order valence-electron chi connectivity index (χ3n) is 9.03. The van der Waals surface area contributed by atoms with Gasteiger partial charge < -0.3 is 15.0 Å². The molecule has 5 heteroatoms. The number of nitrogens with one attached hydrogen (secondary N) is 1. The quantitative estimate of drug-likeness (QED) is 0.253. The SMILES string of the molecule is CC[C@@H](NC(=O)c1c(CC2CCN(C3CCOCC3)CC2)c(-c2ccccc2)nc2ccccc12)c1ccccc1. The third-order valence-corrected chi connectivity index (χ3v) is 9.03. The Hall–Kier alpha value is -3.54. The van der Waals surface area contributed by atoms with Crippen molar-refractivity contribution in [3.05, 3.63) is 102 Å². The van der Waals surface area contributed by atoms with E-state index in [0.717, 1.165) is 104 Å². The first-order chi connectivity index (χ1) is 20.2. The summed E-state index contributed by atoms with van der Waals surface area (Å²) in [5, 5.41) is 4.34. The maximum absolute atomic E-state index is 14.3. The van der Waals surface area contributed by atoms with Crippen molar-refractivity contribution >= 4 is 16.8 Å². The normalized spacial score (nSPS) is 17.9. The third kappa shape index (κ3) is 6.22. The van der Waals surface area contributed by atoms with E-state index in [1.807, 2.05) is 42.5 Å². The van der Waals surface area contributed by atoms with E-state index in [1.165, 1.54) is 0 Å². The fourth-order valence-electron chi connectivity index (χ4n) is 6.74. The molecule has 2 aliphatic rings.